The lowest BCUT2D eigenvalue weighted by Gasteiger charge is -2.11. The summed E-state index contributed by atoms with van der Waals surface area (Å²) >= 11 is 0. The van der Waals surface area contributed by atoms with E-state index in [1.807, 2.05) is 0 Å². The van der Waals surface area contributed by atoms with Crippen LogP contribution in [-0.4, -0.2) is 14.5 Å². The second kappa shape index (κ2) is 5.56. The van der Waals surface area contributed by atoms with Gasteiger partial charge in [0, 0.05) is 18.2 Å². The van der Waals surface area contributed by atoms with E-state index < -0.39 is 15.8 Å². The fourth-order valence-corrected chi connectivity index (χ4v) is 3.91. The summed E-state index contributed by atoms with van der Waals surface area (Å²) < 4.78 is 40.7. The maximum Gasteiger partial charge on any atom is 0.241 e. The molecule has 1 aromatic carbocycles. The summed E-state index contributed by atoms with van der Waals surface area (Å²) in [5, 5.41) is 0. The first-order chi connectivity index (χ1) is 8.99. The second-order valence-corrected chi connectivity index (χ2v) is 6.62. The molecule has 3 N–H and O–H groups in total. The molecule has 0 heterocycles. The van der Waals surface area contributed by atoms with Crippen molar-refractivity contribution in [3.8, 4) is 0 Å². The number of nitrogens with two attached hydrogens (primary N) is 1. The monoisotopic (exact) mass is 286 g/mol. The summed E-state index contributed by atoms with van der Waals surface area (Å²) in [6.45, 7) is 1.94. The molecule has 0 amide bonds. The van der Waals surface area contributed by atoms with Gasteiger partial charge < -0.3 is 5.73 Å². The molecular weight excluding hydrogens is 267 g/mol. The Bertz CT molecular complexity index is 560. The molecule has 0 aliphatic heterocycles. The van der Waals surface area contributed by atoms with Crippen LogP contribution in [0.15, 0.2) is 23.1 Å². The summed E-state index contributed by atoms with van der Waals surface area (Å²) in [7, 11) is -3.68. The highest BCUT2D eigenvalue weighted by atomic mass is 32.2. The van der Waals surface area contributed by atoms with Crippen molar-refractivity contribution in [2.24, 2.45) is 11.7 Å². The van der Waals surface area contributed by atoms with Crippen LogP contribution >= 0.6 is 0 Å². The summed E-state index contributed by atoms with van der Waals surface area (Å²) in [6, 6.07) is 3.99. The van der Waals surface area contributed by atoms with Gasteiger partial charge in [-0.2, -0.15) is 0 Å². The standard InChI is InChI=1S/C13H19FN2O2S/c1-2-4-9-7-12(9)16-19(17,18)13-6-3-5-11(14)10(13)8-15/h3,5-6,9,12,16H,2,4,7-8,15H2,1H3. The van der Waals surface area contributed by atoms with E-state index in [4.69, 9.17) is 5.73 Å². The predicted octanol–water partition coefficient (Wildman–Crippen LogP) is 1.75. The minimum Gasteiger partial charge on any atom is -0.326 e. The van der Waals surface area contributed by atoms with E-state index >= 15 is 0 Å². The third-order valence-electron chi connectivity index (χ3n) is 3.46. The first kappa shape index (κ1) is 14.4. The molecule has 1 aromatic rings. The zero-order valence-corrected chi connectivity index (χ0v) is 11.7. The van der Waals surface area contributed by atoms with E-state index in [1.54, 1.807) is 0 Å². The Morgan fingerprint density at radius 2 is 2.21 bits per heavy atom. The number of nitrogens with one attached hydrogen (secondary N) is 1. The third-order valence-corrected chi connectivity index (χ3v) is 5.03. The van der Waals surface area contributed by atoms with Gasteiger partial charge in [0.1, 0.15) is 5.82 Å². The zero-order chi connectivity index (χ0) is 14.0. The SMILES string of the molecule is CCCC1CC1NS(=O)(=O)c1cccc(F)c1CN. The van der Waals surface area contributed by atoms with E-state index in [0.717, 1.165) is 19.3 Å². The van der Waals surface area contributed by atoms with Crippen molar-refractivity contribution in [3.63, 3.8) is 0 Å². The van der Waals surface area contributed by atoms with Crippen molar-refractivity contribution >= 4 is 10.0 Å². The van der Waals surface area contributed by atoms with E-state index in [-0.39, 0.29) is 23.0 Å². The van der Waals surface area contributed by atoms with Gasteiger partial charge in [0.2, 0.25) is 10.0 Å². The van der Waals surface area contributed by atoms with E-state index in [2.05, 4.69) is 11.6 Å². The number of rotatable bonds is 6. The van der Waals surface area contributed by atoms with Crippen LogP contribution in [0.2, 0.25) is 0 Å². The van der Waals surface area contributed by atoms with E-state index in [1.165, 1.54) is 18.2 Å². The van der Waals surface area contributed by atoms with E-state index in [0.29, 0.717) is 5.92 Å². The fourth-order valence-electron chi connectivity index (χ4n) is 2.33. The highest BCUT2D eigenvalue weighted by molar-refractivity contribution is 7.89. The third kappa shape index (κ3) is 3.13. The van der Waals surface area contributed by atoms with Crippen LogP contribution in [0, 0.1) is 11.7 Å². The zero-order valence-electron chi connectivity index (χ0n) is 10.9. The number of hydrogen-bond donors (Lipinski definition) is 2. The summed E-state index contributed by atoms with van der Waals surface area (Å²) in [4.78, 5) is -0.0443. The van der Waals surface area contributed by atoms with Crippen LogP contribution in [-0.2, 0) is 16.6 Å². The Kier molecular flexibility index (Phi) is 4.23. The van der Waals surface area contributed by atoms with Gasteiger partial charge in [0.05, 0.1) is 4.90 Å². The predicted molar refractivity (Wildman–Crippen MR) is 71.4 cm³/mol. The lowest BCUT2D eigenvalue weighted by Crippen LogP contribution is -2.28. The summed E-state index contributed by atoms with van der Waals surface area (Å²) in [5.74, 6) is -0.166. The van der Waals surface area contributed by atoms with Crippen LogP contribution < -0.4 is 10.5 Å². The molecule has 0 saturated heterocycles. The largest absolute Gasteiger partial charge is 0.326 e. The Labute approximate surface area is 113 Å². The number of halogens is 1. The smallest absolute Gasteiger partial charge is 0.241 e. The Hall–Kier alpha value is -0.980. The molecule has 2 unspecified atom stereocenters. The minimum absolute atomic E-state index is 0.0150. The van der Waals surface area contributed by atoms with Crippen molar-refractivity contribution in [3.05, 3.63) is 29.6 Å². The molecule has 4 nitrogen and oxygen atoms in total. The van der Waals surface area contributed by atoms with Crippen LogP contribution in [0.25, 0.3) is 0 Å². The summed E-state index contributed by atoms with van der Waals surface area (Å²) in [6.07, 6.45) is 2.91. The minimum atomic E-state index is -3.68. The molecule has 0 bridgehead atoms. The van der Waals surface area contributed by atoms with Crippen molar-refractivity contribution in [1.82, 2.24) is 4.72 Å². The van der Waals surface area contributed by atoms with Gasteiger partial charge in [-0.05, 0) is 30.9 Å². The average molecular weight is 286 g/mol. The molecule has 0 radical (unpaired) electrons. The molecule has 1 fully saturated rings. The molecule has 1 aliphatic rings. The molecular formula is C13H19FN2O2S. The van der Waals surface area contributed by atoms with Gasteiger partial charge >= 0.3 is 0 Å². The first-order valence-electron chi connectivity index (χ1n) is 6.49. The molecule has 0 spiro atoms. The van der Waals surface area contributed by atoms with Crippen molar-refractivity contribution < 1.29 is 12.8 Å². The molecule has 2 atom stereocenters. The second-order valence-electron chi connectivity index (χ2n) is 4.93. The van der Waals surface area contributed by atoms with Gasteiger partial charge in [-0.15, -0.1) is 0 Å². The lowest BCUT2D eigenvalue weighted by molar-refractivity contribution is 0.565. The fraction of sp³-hybridized carbons (Fsp3) is 0.538. The van der Waals surface area contributed by atoms with Crippen LogP contribution in [0.3, 0.4) is 0 Å². The van der Waals surface area contributed by atoms with Crippen molar-refractivity contribution in [2.75, 3.05) is 0 Å². The van der Waals surface area contributed by atoms with Gasteiger partial charge in [0.25, 0.3) is 0 Å². The van der Waals surface area contributed by atoms with Gasteiger partial charge in [-0.1, -0.05) is 19.4 Å². The maximum atomic E-state index is 13.6. The topological polar surface area (TPSA) is 72.2 Å². The molecule has 6 heteroatoms. The van der Waals surface area contributed by atoms with Gasteiger partial charge in [0.15, 0.2) is 0 Å². The number of hydrogen-bond acceptors (Lipinski definition) is 3. The average Bonchev–Trinajstić information content (AvgIpc) is 3.06. The van der Waals surface area contributed by atoms with Crippen LogP contribution in [0.5, 0.6) is 0 Å². The van der Waals surface area contributed by atoms with Crippen LogP contribution in [0.4, 0.5) is 4.39 Å². The molecule has 1 aliphatic carbocycles. The van der Waals surface area contributed by atoms with Gasteiger partial charge in [-0.25, -0.2) is 17.5 Å². The van der Waals surface area contributed by atoms with Crippen molar-refractivity contribution in [1.29, 1.82) is 0 Å². The number of benzene rings is 1. The van der Waals surface area contributed by atoms with Gasteiger partial charge in [-0.3, -0.25) is 0 Å². The van der Waals surface area contributed by atoms with Crippen LogP contribution in [0.1, 0.15) is 31.7 Å². The molecule has 106 valence electrons. The number of sulfonamides is 1. The molecule has 0 aromatic heterocycles. The molecule has 1 saturated carbocycles. The Morgan fingerprint density at radius 3 is 2.84 bits per heavy atom. The van der Waals surface area contributed by atoms with Crippen molar-refractivity contribution in [2.45, 2.75) is 43.7 Å². The highest BCUT2D eigenvalue weighted by Crippen LogP contribution is 2.36. The normalized spacial score (nSPS) is 22.5. The quantitative estimate of drug-likeness (QED) is 0.837. The lowest BCUT2D eigenvalue weighted by atomic mass is 10.2. The Morgan fingerprint density at radius 1 is 1.47 bits per heavy atom. The van der Waals surface area contributed by atoms with E-state index in [9.17, 15) is 12.8 Å². The molecule has 2 rings (SSSR count). The molecule has 19 heavy (non-hydrogen) atoms. The Balaban J connectivity index is 2.19. The maximum absolute atomic E-state index is 13.6. The summed E-state index contributed by atoms with van der Waals surface area (Å²) in [5.41, 5.74) is 5.48. The first-order valence-corrected chi connectivity index (χ1v) is 7.97. The highest BCUT2D eigenvalue weighted by Gasteiger charge is 2.39.